The molecule has 0 atom stereocenters. The van der Waals surface area contributed by atoms with Crippen LogP contribution in [0, 0.1) is 13.8 Å². The van der Waals surface area contributed by atoms with Gasteiger partial charge in [0.05, 0.1) is 12.2 Å². The first kappa shape index (κ1) is 17.5. The molecule has 4 rings (SSSR count). The molecule has 0 N–H and O–H groups in total. The summed E-state index contributed by atoms with van der Waals surface area (Å²) in [5.74, 6) is 1.58. The van der Waals surface area contributed by atoms with Gasteiger partial charge in [0.1, 0.15) is 5.76 Å². The second kappa shape index (κ2) is 7.37. The number of carbonyl (C=O) groups excluding carboxylic acids is 1. The van der Waals surface area contributed by atoms with Crippen molar-refractivity contribution in [2.75, 3.05) is 24.5 Å². The maximum Gasteiger partial charge on any atom is 0.241 e. The highest BCUT2D eigenvalue weighted by Gasteiger charge is 2.26. The van der Waals surface area contributed by atoms with Gasteiger partial charge in [-0.05, 0) is 37.6 Å². The molecule has 5 nitrogen and oxygen atoms in total. The van der Waals surface area contributed by atoms with Gasteiger partial charge in [0.15, 0.2) is 0 Å². The Balaban J connectivity index is 1.46. The van der Waals surface area contributed by atoms with E-state index in [0.717, 1.165) is 34.8 Å². The number of aryl methyl sites for hydroxylation is 2. The Kier molecular flexibility index (Phi) is 4.77. The SMILES string of the molecule is Cc1ccccc1-c1nc(CN2CCN(c3ccccc3)C(=O)C2)c(C)o1. The van der Waals surface area contributed by atoms with E-state index in [1.807, 2.05) is 60.4 Å². The number of benzene rings is 2. The Hall–Kier alpha value is -2.92. The number of hydrogen-bond acceptors (Lipinski definition) is 4. The summed E-state index contributed by atoms with van der Waals surface area (Å²) in [6.07, 6.45) is 0. The zero-order chi connectivity index (χ0) is 18.8. The molecule has 1 aliphatic rings. The molecule has 27 heavy (non-hydrogen) atoms. The molecule has 1 saturated heterocycles. The van der Waals surface area contributed by atoms with Crippen molar-refractivity contribution in [3.05, 3.63) is 71.6 Å². The van der Waals surface area contributed by atoms with E-state index in [0.29, 0.717) is 25.5 Å². The Bertz CT molecular complexity index is 949. The highest BCUT2D eigenvalue weighted by Crippen LogP contribution is 2.26. The zero-order valence-electron chi connectivity index (χ0n) is 15.7. The third-order valence-corrected chi connectivity index (χ3v) is 5.01. The summed E-state index contributed by atoms with van der Waals surface area (Å²) in [6, 6.07) is 17.9. The molecular formula is C22H23N3O2. The van der Waals surface area contributed by atoms with Gasteiger partial charge in [-0.1, -0.05) is 36.4 Å². The topological polar surface area (TPSA) is 49.6 Å². The average Bonchev–Trinajstić information content (AvgIpc) is 3.03. The van der Waals surface area contributed by atoms with Gasteiger partial charge < -0.3 is 9.32 Å². The van der Waals surface area contributed by atoms with Gasteiger partial charge in [0, 0.05) is 30.9 Å². The van der Waals surface area contributed by atoms with Crippen molar-refractivity contribution in [3.8, 4) is 11.5 Å². The molecule has 0 radical (unpaired) electrons. The van der Waals surface area contributed by atoms with E-state index < -0.39 is 0 Å². The lowest BCUT2D eigenvalue weighted by Gasteiger charge is -2.34. The van der Waals surface area contributed by atoms with Crippen LogP contribution in [0.2, 0.25) is 0 Å². The minimum atomic E-state index is 0.118. The van der Waals surface area contributed by atoms with Gasteiger partial charge in [0.2, 0.25) is 11.8 Å². The van der Waals surface area contributed by atoms with Crippen LogP contribution in [-0.4, -0.2) is 35.4 Å². The molecule has 2 aromatic carbocycles. The lowest BCUT2D eigenvalue weighted by atomic mass is 10.1. The van der Waals surface area contributed by atoms with Crippen molar-refractivity contribution in [2.45, 2.75) is 20.4 Å². The Morgan fingerprint density at radius 3 is 2.48 bits per heavy atom. The highest BCUT2D eigenvalue weighted by molar-refractivity contribution is 5.95. The fourth-order valence-electron chi connectivity index (χ4n) is 3.45. The van der Waals surface area contributed by atoms with E-state index in [4.69, 9.17) is 9.40 Å². The molecule has 1 aliphatic heterocycles. The minimum Gasteiger partial charge on any atom is -0.441 e. The van der Waals surface area contributed by atoms with Crippen molar-refractivity contribution in [3.63, 3.8) is 0 Å². The fourth-order valence-corrected chi connectivity index (χ4v) is 3.45. The molecular weight excluding hydrogens is 338 g/mol. The predicted octanol–water partition coefficient (Wildman–Crippen LogP) is 3.81. The molecule has 0 bridgehead atoms. The number of anilines is 1. The predicted molar refractivity (Wildman–Crippen MR) is 105 cm³/mol. The van der Waals surface area contributed by atoms with Crippen LogP contribution in [0.1, 0.15) is 17.0 Å². The third kappa shape index (κ3) is 3.64. The number of carbonyl (C=O) groups is 1. The van der Waals surface area contributed by atoms with Crippen LogP contribution >= 0.6 is 0 Å². The van der Waals surface area contributed by atoms with Crippen molar-refractivity contribution in [1.29, 1.82) is 0 Å². The molecule has 0 spiro atoms. The van der Waals surface area contributed by atoms with Gasteiger partial charge >= 0.3 is 0 Å². The number of hydrogen-bond donors (Lipinski definition) is 0. The van der Waals surface area contributed by atoms with Gasteiger partial charge in [-0.2, -0.15) is 0 Å². The standard InChI is InChI=1S/C22H23N3O2/c1-16-8-6-7-11-19(16)22-23-20(17(2)27-22)14-24-12-13-25(21(26)15-24)18-9-4-3-5-10-18/h3-11H,12-15H2,1-2H3. The van der Waals surface area contributed by atoms with Crippen LogP contribution in [-0.2, 0) is 11.3 Å². The average molecular weight is 361 g/mol. The molecule has 0 unspecified atom stereocenters. The number of amides is 1. The van der Waals surface area contributed by atoms with Gasteiger partial charge in [-0.25, -0.2) is 4.98 Å². The van der Waals surface area contributed by atoms with E-state index in [9.17, 15) is 4.79 Å². The zero-order valence-corrected chi connectivity index (χ0v) is 15.7. The van der Waals surface area contributed by atoms with Crippen LogP contribution < -0.4 is 4.90 Å². The number of oxazole rings is 1. The van der Waals surface area contributed by atoms with E-state index in [2.05, 4.69) is 17.9 Å². The van der Waals surface area contributed by atoms with Gasteiger partial charge in [-0.15, -0.1) is 0 Å². The fraction of sp³-hybridized carbons (Fsp3) is 0.273. The summed E-state index contributed by atoms with van der Waals surface area (Å²) in [6.45, 7) is 6.50. The molecule has 1 aromatic heterocycles. The largest absolute Gasteiger partial charge is 0.441 e. The van der Waals surface area contributed by atoms with E-state index in [1.165, 1.54) is 0 Å². The summed E-state index contributed by atoms with van der Waals surface area (Å²) in [5.41, 5.74) is 4.00. The van der Waals surface area contributed by atoms with Crippen molar-refractivity contribution in [1.82, 2.24) is 9.88 Å². The second-order valence-corrected chi connectivity index (χ2v) is 6.93. The number of rotatable bonds is 4. The van der Waals surface area contributed by atoms with Crippen LogP contribution in [0.25, 0.3) is 11.5 Å². The van der Waals surface area contributed by atoms with E-state index in [1.54, 1.807) is 0 Å². The Labute approximate surface area is 159 Å². The molecule has 3 aromatic rings. The summed E-state index contributed by atoms with van der Waals surface area (Å²) < 4.78 is 5.91. The molecule has 5 heteroatoms. The number of nitrogens with zero attached hydrogens (tertiary/aromatic N) is 3. The third-order valence-electron chi connectivity index (χ3n) is 5.01. The smallest absolute Gasteiger partial charge is 0.241 e. The molecule has 0 aliphatic carbocycles. The lowest BCUT2D eigenvalue weighted by molar-refractivity contribution is -0.121. The number of para-hydroxylation sites is 1. The van der Waals surface area contributed by atoms with Crippen LogP contribution in [0.15, 0.2) is 59.0 Å². The van der Waals surface area contributed by atoms with Crippen molar-refractivity contribution in [2.24, 2.45) is 0 Å². The number of aromatic nitrogens is 1. The maximum atomic E-state index is 12.6. The number of piperazine rings is 1. The normalized spacial score (nSPS) is 15.3. The summed E-state index contributed by atoms with van der Waals surface area (Å²) in [5, 5.41) is 0. The van der Waals surface area contributed by atoms with Crippen LogP contribution in [0.4, 0.5) is 5.69 Å². The first-order valence-corrected chi connectivity index (χ1v) is 9.22. The highest BCUT2D eigenvalue weighted by atomic mass is 16.4. The lowest BCUT2D eigenvalue weighted by Crippen LogP contribution is -2.50. The van der Waals surface area contributed by atoms with Crippen LogP contribution in [0.3, 0.4) is 0 Å². The Morgan fingerprint density at radius 1 is 1.00 bits per heavy atom. The Morgan fingerprint density at radius 2 is 1.74 bits per heavy atom. The van der Waals surface area contributed by atoms with Crippen LogP contribution in [0.5, 0.6) is 0 Å². The minimum absolute atomic E-state index is 0.118. The molecule has 0 saturated carbocycles. The quantitative estimate of drug-likeness (QED) is 0.709. The molecule has 138 valence electrons. The van der Waals surface area contributed by atoms with Crippen molar-refractivity contribution < 1.29 is 9.21 Å². The summed E-state index contributed by atoms with van der Waals surface area (Å²) in [4.78, 5) is 21.3. The first-order chi connectivity index (χ1) is 13.1. The second-order valence-electron chi connectivity index (χ2n) is 6.93. The summed E-state index contributed by atoms with van der Waals surface area (Å²) in [7, 11) is 0. The van der Waals surface area contributed by atoms with Gasteiger partial charge in [0.25, 0.3) is 0 Å². The van der Waals surface area contributed by atoms with Crippen molar-refractivity contribution >= 4 is 11.6 Å². The van der Waals surface area contributed by atoms with E-state index in [-0.39, 0.29) is 5.91 Å². The van der Waals surface area contributed by atoms with Gasteiger partial charge in [-0.3, -0.25) is 9.69 Å². The maximum absolute atomic E-state index is 12.6. The van der Waals surface area contributed by atoms with E-state index >= 15 is 0 Å². The molecule has 1 fully saturated rings. The molecule has 2 heterocycles. The summed E-state index contributed by atoms with van der Waals surface area (Å²) >= 11 is 0. The first-order valence-electron chi connectivity index (χ1n) is 9.22. The molecule has 1 amide bonds. The monoisotopic (exact) mass is 361 g/mol.